The summed E-state index contributed by atoms with van der Waals surface area (Å²) >= 11 is 1.44. The van der Waals surface area contributed by atoms with Gasteiger partial charge >= 0.3 is 0 Å². The normalized spacial score (nSPS) is 25.5. The highest BCUT2D eigenvalue weighted by atomic mass is 32.1. The van der Waals surface area contributed by atoms with Gasteiger partial charge in [-0.3, -0.25) is 14.5 Å². The van der Waals surface area contributed by atoms with Crippen LogP contribution in [-0.2, 0) is 0 Å². The number of amides is 2. The van der Waals surface area contributed by atoms with Crippen LogP contribution in [0.25, 0.3) is 11.1 Å². The van der Waals surface area contributed by atoms with Gasteiger partial charge < -0.3 is 20.3 Å². The second kappa shape index (κ2) is 8.57. The lowest BCUT2D eigenvalue weighted by Gasteiger charge is -2.61. The molecule has 2 aliphatic heterocycles. The summed E-state index contributed by atoms with van der Waals surface area (Å²) in [5, 5.41) is 8.26. The molecule has 2 saturated carbocycles. The van der Waals surface area contributed by atoms with Crippen LogP contribution in [0.3, 0.4) is 0 Å². The van der Waals surface area contributed by atoms with E-state index < -0.39 is 0 Å². The molecule has 2 aromatic carbocycles. The molecule has 1 aromatic heterocycles. The summed E-state index contributed by atoms with van der Waals surface area (Å²) in [6.45, 7) is 6.15. The maximum absolute atomic E-state index is 13.5. The Morgan fingerprint density at radius 3 is 2.56 bits per heavy atom. The van der Waals surface area contributed by atoms with E-state index in [4.69, 9.17) is 4.74 Å². The van der Waals surface area contributed by atoms with E-state index in [1.165, 1.54) is 17.8 Å². The summed E-state index contributed by atoms with van der Waals surface area (Å²) in [5.41, 5.74) is 6.36. The first-order chi connectivity index (χ1) is 18.7. The summed E-state index contributed by atoms with van der Waals surface area (Å²) < 4.78 is 5.64. The van der Waals surface area contributed by atoms with Gasteiger partial charge in [0.05, 0.1) is 29.1 Å². The number of carbonyl (C=O) groups is 2. The van der Waals surface area contributed by atoms with Crippen LogP contribution in [0.5, 0.6) is 5.75 Å². The van der Waals surface area contributed by atoms with Crippen molar-refractivity contribution < 1.29 is 14.3 Å². The molecule has 0 unspecified atom stereocenters. The van der Waals surface area contributed by atoms with E-state index in [2.05, 4.69) is 51.7 Å². The molecule has 3 heterocycles. The highest BCUT2D eigenvalue weighted by Crippen LogP contribution is 2.72. The zero-order chi connectivity index (χ0) is 27.1. The number of likely N-dealkylation sites (tertiary alicyclic amines) is 1. The van der Waals surface area contributed by atoms with E-state index in [9.17, 15) is 9.59 Å². The molecule has 0 bridgehead atoms. The number of thiophene rings is 1. The van der Waals surface area contributed by atoms with Crippen LogP contribution in [0.2, 0.25) is 0 Å². The lowest BCUT2D eigenvalue weighted by Crippen LogP contribution is -2.78. The number of hydrogen-bond acceptors (Lipinski definition) is 6. The standard InChI is InChI=1S/C31H34N4O3S/c1-18-5-9-23(35-17-30-15-31(30,35)16-34(30)3)13-24(18)28(36)32-19(2)20-6-10-26(38-4)25(11-20)21-12-27(39-14-21)29(37)33-22-7-8-22/h5-6,9-14,19,22H,7-8,15-17H2,1-4H3,(H,32,36)(H,33,37)/t19-,30+,31+/m1/s1. The van der Waals surface area contributed by atoms with Crippen LogP contribution < -0.4 is 20.3 Å². The first-order valence-electron chi connectivity index (χ1n) is 13.7. The number of hydrogen-bond donors (Lipinski definition) is 2. The van der Waals surface area contributed by atoms with Gasteiger partial charge in [0.1, 0.15) is 5.75 Å². The highest BCUT2D eigenvalue weighted by molar-refractivity contribution is 7.12. The molecule has 39 heavy (non-hydrogen) atoms. The third kappa shape index (κ3) is 3.72. The Morgan fingerprint density at radius 2 is 1.90 bits per heavy atom. The zero-order valence-corrected chi connectivity index (χ0v) is 23.7. The van der Waals surface area contributed by atoms with Crippen molar-refractivity contribution in [3.63, 3.8) is 0 Å². The van der Waals surface area contributed by atoms with E-state index in [0.717, 1.165) is 65.2 Å². The van der Waals surface area contributed by atoms with Crippen LogP contribution in [0.15, 0.2) is 47.8 Å². The second-order valence-electron chi connectivity index (χ2n) is 11.8. The topological polar surface area (TPSA) is 73.9 Å². The van der Waals surface area contributed by atoms with Crippen molar-refractivity contribution in [1.29, 1.82) is 0 Å². The molecule has 2 amide bonds. The molecule has 2 N–H and O–H groups in total. The van der Waals surface area contributed by atoms with Crippen molar-refractivity contribution in [2.75, 3.05) is 32.1 Å². The number of benzene rings is 2. The number of aryl methyl sites for hydroxylation is 1. The molecule has 7 rings (SSSR count). The van der Waals surface area contributed by atoms with E-state index in [1.807, 2.05) is 37.4 Å². The van der Waals surface area contributed by atoms with Crippen molar-refractivity contribution in [3.05, 3.63) is 69.4 Å². The largest absolute Gasteiger partial charge is 0.496 e. The summed E-state index contributed by atoms with van der Waals surface area (Å²) in [5.74, 6) is 0.649. The summed E-state index contributed by atoms with van der Waals surface area (Å²) in [4.78, 5) is 31.7. The number of piperazine rings is 1. The summed E-state index contributed by atoms with van der Waals surface area (Å²) in [7, 11) is 3.86. The molecular weight excluding hydrogens is 508 g/mol. The average molecular weight is 543 g/mol. The van der Waals surface area contributed by atoms with Crippen LogP contribution in [0.1, 0.15) is 63.4 Å². The number of rotatable bonds is 8. The number of carbonyl (C=O) groups excluding carboxylic acids is 2. The molecule has 4 aliphatic rings. The van der Waals surface area contributed by atoms with E-state index in [1.54, 1.807) is 7.11 Å². The predicted octanol–water partition coefficient (Wildman–Crippen LogP) is 4.76. The fourth-order valence-corrected chi connectivity index (χ4v) is 7.49. The molecule has 7 nitrogen and oxygen atoms in total. The zero-order valence-electron chi connectivity index (χ0n) is 22.8. The Labute approximate surface area is 233 Å². The molecule has 4 fully saturated rings. The Morgan fingerprint density at radius 1 is 1.08 bits per heavy atom. The van der Waals surface area contributed by atoms with Gasteiger partial charge in [-0.25, -0.2) is 0 Å². The van der Waals surface area contributed by atoms with Crippen LogP contribution in [0, 0.1) is 6.92 Å². The SMILES string of the molecule is COc1ccc([C@@H](C)NC(=O)c2cc(N3C[C@@]45C[C@@]34CN5C)ccc2C)cc1-c1csc(C(=O)NC2CC2)c1. The number of nitrogens with one attached hydrogen (secondary N) is 2. The predicted molar refractivity (Wildman–Crippen MR) is 154 cm³/mol. The van der Waals surface area contributed by atoms with E-state index in [0.29, 0.717) is 22.0 Å². The quantitative estimate of drug-likeness (QED) is 0.429. The second-order valence-corrected chi connectivity index (χ2v) is 12.7. The number of ether oxygens (including phenoxy) is 1. The molecule has 8 heteroatoms. The minimum Gasteiger partial charge on any atom is -0.496 e. The molecule has 0 spiro atoms. The van der Waals surface area contributed by atoms with E-state index >= 15 is 0 Å². The van der Waals surface area contributed by atoms with Crippen molar-refractivity contribution in [3.8, 4) is 16.9 Å². The average Bonchev–Trinajstić information content (AvgIpc) is 3.68. The Balaban J connectivity index is 1.09. The molecular formula is C31H34N4O3S. The van der Waals surface area contributed by atoms with E-state index in [-0.39, 0.29) is 17.9 Å². The highest BCUT2D eigenvalue weighted by Gasteiger charge is 2.87. The lowest BCUT2D eigenvalue weighted by atomic mass is 9.85. The number of anilines is 1. The van der Waals surface area contributed by atoms with Gasteiger partial charge in [0, 0.05) is 35.9 Å². The molecule has 3 aromatic rings. The lowest BCUT2D eigenvalue weighted by molar-refractivity contribution is 0.0351. The summed E-state index contributed by atoms with van der Waals surface area (Å²) in [6.07, 6.45) is 3.36. The monoisotopic (exact) mass is 542 g/mol. The van der Waals surface area contributed by atoms with Crippen LogP contribution in [0.4, 0.5) is 5.69 Å². The Hall–Kier alpha value is -3.36. The van der Waals surface area contributed by atoms with Gasteiger partial charge in [0.25, 0.3) is 11.8 Å². The fourth-order valence-electron chi connectivity index (χ4n) is 6.68. The van der Waals surface area contributed by atoms with Gasteiger partial charge in [-0.15, -0.1) is 11.3 Å². The molecule has 3 atom stereocenters. The fraction of sp³-hybridized carbons (Fsp3) is 0.419. The van der Waals surface area contributed by atoms with Crippen LogP contribution >= 0.6 is 11.3 Å². The maximum Gasteiger partial charge on any atom is 0.261 e. The first-order valence-corrected chi connectivity index (χ1v) is 14.6. The third-order valence-corrected chi connectivity index (χ3v) is 10.3. The van der Waals surface area contributed by atoms with Gasteiger partial charge in [0.15, 0.2) is 0 Å². The van der Waals surface area contributed by atoms with Crippen LogP contribution in [-0.4, -0.2) is 61.1 Å². The smallest absolute Gasteiger partial charge is 0.261 e. The van der Waals surface area contributed by atoms with Gasteiger partial charge in [-0.05, 0) is 92.6 Å². The number of likely N-dealkylation sites (N-methyl/N-ethyl adjacent to an activating group) is 1. The Bertz CT molecular complexity index is 1510. The van der Waals surface area contributed by atoms with Gasteiger partial charge in [-0.2, -0.15) is 0 Å². The number of methoxy groups -OCH3 is 1. The number of nitrogens with zero attached hydrogens (tertiary/aromatic N) is 2. The Kier molecular flexibility index (Phi) is 5.42. The minimum atomic E-state index is -0.208. The van der Waals surface area contributed by atoms with Crippen molar-refractivity contribution in [2.24, 2.45) is 0 Å². The summed E-state index contributed by atoms with van der Waals surface area (Å²) in [6, 6.07) is 14.3. The molecule has 0 radical (unpaired) electrons. The van der Waals surface area contributed by atoms with Crippen molar-refractivity contribution in [1.82, 2.24) is 15.5 Å². The van der Waals surface area contributed by atoms with Crippen molar-refractivity contribution >= 4 is 28.8 Å². The molecule has 2 aliphatic carbocycles. The van der Waals surface area contributed by atoms with Gasteiger partial charge in [-0.1, -0.05) is 12.1 Å². The van der Waals surface area contributed by atoms with Gasteiger partial charge in [0.2, 0.25) is 0 Å². The third-order valence-electron chi connectivity index (χ3n) is 9.39. The minimum absolute atomic E-state index is 0.0170. The van der Waals surface area contributed by atoms with Crippen molar-refractivity contribution in [2.45, 2.75) is 56.3 Å². The molecule has 202 valence electrons. The maximum atomic E-state index is 13.5. The first kappa shape index (κ1) is 24.7. The molecule has 2 saturated heterocycles.